The first-order valence-electron chi connectivity index (χ1n) is 9.95. The zero-order valence-corrected chi connectivity index (χ0v) is 15.8. The summed E-state index contributed by atoms with van der Waals surface area (Å²) >= 11 is 0. The lowest BCUT2D eigenvalue weighted by Crippen LogP contribution is -2.46. The molecular formula is C20H36N2O2. The SMILES string of the molecule is CC(C)(C)C1CCC(NC(=O)C(=O)NCCC2CCCCC2)CC1. The highest BCUT2D eigenvalue weighted by molar-refractivity contribution is 6.35. The maximum absolute atomic E-state index is 12.0. The minimum atomic E-state index is -0.455. The maximum Gasteiger partial charge on any atom is 0.309 e. The molecule has 0 aromatic carbocycles. The number of hydrogen-bond acceptors (Lipinski definition) is 2. The van der Waals surface area contributed by atoms with Crippen molar-refractivity contribution in [3.8, 4) is 0 Å². The van der Waals surface area contributed by atoms with Gasteiger partial charge < -0.3 is 10.6 Å². The fourth-order valence-corrected chi connectivity index (χ4v) is 4.30. The molecule has 138 valence electrons. The average Bonchev–Trinajstić information content (AvgIpc) is 2.55. The van der Waals surface area contributed by atoms with Crippen LogP contribution in [-0.2, 0) is 9.59 Å². The summed E-state index contributed by atoms with van der Waals surface area (Å²) in [4.78, 5) is 24.0. The topological polar surface area (TPSA) is 58.2 Å². The van der Waals surface area contributed by atoms with E-state index in [2.05, 4.69) is 31.4 Å². The summed E-state index contributed by atoms with van der Waals surface area (Å²) in [5.74, 6) is 0.548. The van der Waals surface area contributed by atoms with Crippen LogP contribution in [0.15, 0.2) is 0 Å². The lowest BCUT2D eigenvalue weighted by atomic mass is 9.71. The molecule has 0 atom stereocenters. The molecule has 0 aromatic rings. The smallest absolute Gasteiger partial charge is 0.309 e. The van der Waals surface area contributed by atoms with Crippen LogP contribution in [0.1, 0.15) is 85.0 Å². The second-order valence-corrected chi connectivity index (χ2v) is 8.94. The molecule has 0 aliphatic heterocycles. The quantitative estimate of drug-likeness (QED) is 0.767. The Labute approximate surface area is 147 Å². The third-order valence-corrected chi connectivity index (χ3v) is 6.06. The highest BCUT2D eigenvalue weighted by atomic mass is 16.2. The van der Waals surface area contributed by atoms with Crippen LogP contribution in [-0.4, -0.2) is 24.4 Å². The van der Waals surface area contributed by atoms with E-state index in [0.29, 0.717) is 12.0 Å². The molecule has 0 spiro atoms. The van der Waals surface area contributed by atoms with Crippen LogP contribution in [0.25, 0.3) is 0 Å². The summed E-state index contributed by atoms with van der Waals surface area (Å²) in [6, 6.07) is 0.167. The van der Waals surface area contributed by atoms with Crippen LogP contribution < -0.4 is 10.6 Å². The van der Waals surface area contributed by atoms with Gasteiger partial charge in [-0.15, -0.1) is 0 Å². The Hall–Kier alpha value is -1.06. The number of hydrogen-bond donors (Lipinski definition) is 2. The Morgan fingerprint density at radius 3 is 2.08 bits per heavy atom. The zero-order valence-electron chi connectivity index (χ0n) is 15.8. The van der Waals surface area contributed by atoms with E-state index in [1.54, 1.807) is 0 Å². The average molecular weight is 337 g/mol. The lowest BCUT2D eigenvalue weighted by Gasteiger charge is -2.37. The Bertz CT molecular complexity index is 414. The van der Waals surface area contributed by atoms with Crippen molar-refractivity contribution in [2.45, 2.75) is 91.0 Å². The monoisotopic (exact) mass is 336 g/mol. The van der Waals surface area contributed by atoms with Crippen molar-refractivity contribution in [1.29, 1.82) is 0 Å². The summed E-state index contributed by atoms with van der Waals surface area (Å²) in [6.45, 7) is 7.50. The van der Waals surface area contributed by atoms with Gasteiger partial charge in [0.2, 0.25) is 0 Å². The molecule has 0 unspecified atom stereocenters. The van der Waals surface area contributed by atoms with Gasteiger partial charge in [-0.25, -0.2) is 0 Å². The molecule has 4 heteroatoms. The number of carbonyl (C=O) groups is 2. The first-order valence-corrected chi connectivity index (χ1v) is 9.95. The Kier molecular flexibility index (Phi) is 7.12. The van der Waals surface area contributed by atoms with Crippen molar-refractivity contribution in [3.05, 3.63) is 0 Å². The second-order valence-electron chi connectivity index (χ2n) is 8.94. The molecule has 24 heavy (non-hydrogen) atoms. The predicted molar refractivity (Wildman–Crippen MR) is 97.5 cm³/mol. The molecule has 2 aliphatic rings. The van der Waals surface area contributed by atoms with Crippen molar-refractivity contribution < 1.29 is 9.59 Å². The van der Waals surface area contributed by atoms with Crippen molar-refractivity contribution in [1.82, 2.24) is 10.6 Å². The highest BCUT2D eigenvalue weighted by Gasteiger charge is 2.30. The van der Waals surface area contributed by atoms with E-state index in [1.807, 2.05) is 0 Å². The summed E-state index contributed by atoms with van der Waals surface area (Å²) in [5.41, 5.74) is 0.339. The van der Waals surface area contributed by atoms with Gasteiger partial charge in [-0.3, -0.25) is 9.59 Å². The van der Waals surface area contributed by atoms with E-state index in [1.165, 1.54) is 32.1 Å². The van der Waals surface area contributed by atoms with Gasteiger partial charge >= 0.3 is 11.8 Å². The Balaban J connectivity index is 1.62. The molecule has 2 amide bonds. The van der Waals surface area contributed by atoms with Gasteiger partial charge in [0.15, 0.2) is 0 Å². The van der Waals surface area contributed by atoms with Crippen molar-refractivity contribution in [2.24, 2.45) is 17.3 Å². The minimum absolute atomic E-state index is 0.167. The standard InChI is InChI=1S/C20H36N2O2/c1-20(2,3)16-9-11-17(12-10-16)22-19(24)18(23)21-14-13-15-7-5-4-6-8-15/h15-17H,4-14H2,1-3H3,(H,21,23)(H,22,24). The fraction of sp³-hybridized carbons (Fsp3) is 0.900. The van der Waals surface area contributed by atoms with E-state index in [0.717, 1.165) is 43.9 Å². The molecule has 4 nitrogen and oxygen atoms in total. The molecule has 0 aromatic heterocycles. The lowest BCUT2D eigenvalue weighted by molar-refractivity contribution is -0.139. The summed E-state index contributed by atoms with van der Waals surface area (Å²) < 4.78 is 0. The molecule has 0 heterocycles. The first-order chi connectivity index (χ1) is 11.4. The van der Waals surface area contributed by atoms with E-state index < -0.39 is 11.8 Å². The van der Waals surface area contributed by atoms with Crippen LogP contribution in [0.5, 0.6) is 0 Å². The molecular weight excluding hydrogens is 300 g/mol. The molecule has 2 saturated carbocycles. The van der Waals surface area contributed by atoms with Gasteiger partial charge in [-0.05, 0) is 49.4 Å². The van der Waals surface area contributed by atoms with Gasteiger partial charge in [0, 0.05) is 12.6 Å². The van der Waals surface area contributed by atoms with Crippen LogP contribution in [0.4, 0.5) is 0 Å². The zero-order chi connectivity index (χ0) is 17.6. The molecule has 2 aliphatic carbocycles. The summed E-state index contributed by atoms with van der Waals surface area (Å²) in [7, 11) is 0. The maximum atomic E-state index is 12.0. The van der Waals surface area contributed by atoms with Gasteiger partial charge in [0.05, 0.1) is 0 Å². The first kappa shape index (κ1) is 19.3. The van der Waals surface area contributed by atoms with E-state index in [4.69, 9.17) is 0 Å². The van der Waals surface area contributed by atoms with Crippen LogP contribution in [0.3, 0.4) is 0 Å². The van der Waals surface area contributed by atoms with Gasteiger partial charge in [0.25, 0.3) is 0 Å². The fourth-order valence-electron chi connectivity index (χ4n) is 4.30. The Morgan fingerprint density at radius 2 is 1.50 bits per heavy atom. The van der Waals surface area contributed by atoms with Crippen molar-refractivity contribution in [2.75, 3.05) is 6.54 Å². The Morgan fingerprint density at radius 1 is 0.875 bits per heavy atom. The number of carbonyl (C=O) groups excluding carboxylic acids is 2. The minimum Gasteiger partial charge on any atom is -0.348 e. The molecule has 0 radical (unpaired) electrons. The van der Waals surface area contributed by atoms with E-state index in [-0.39, 0.29) is 6.04 Å². The van der Waals surface area contributed by atoms with E-state index in [9.17, 15) is 9.59 Å². The highest BCUT2D eigenvalue weighted by Crippen LogP contribution is 2.37. The third-order valence-electron chi connectivity index (χ3n) is 6.06. The van der Waals surface area contributed by atoms with Crippen LogP contribution in [0, 0.1) is 17.3 Å². The van der Waals surface area contributed by atoms with Crippen LogP contribution >= 0.6 is 0 Å². The molecule has 0 bridgehead atoms. The third kappa shape index (κ3) is 6.10. The molecule has 2 N–H and O–H groups in total. The summed E-state index contributed by atoms with van der Waals surface area (Å²) in [6.07, 6.45) is 11.8. The van der Waals surface area contributed by atoms with Crippen LogP contribution in [0.2, 0.25) is 0 Å². The normalized spacial score (nSPS) is 26.0. The number of rotatable bonds is 4. The molecule has 0 saturated heterocycles. The van der Waals surface area contributed by atoms with Gasteiger partial charge in [-0.1, -0.05) is 52.9 Å². The largest absolute Gasteiger partial charge is 0.348 e. The number of amides is 2. The van der Waals surface area contributed by atoms with Gasteiger partial charge in [-0.2, -0.15) is 0 Å². The van der Waals surface area contributed by atoms with Crippen molar-refractivity contribution in [3.63, 3.8) is 0 Å². The summed E-state index contributed by atoms with van der Waals surface area (Å²) in [5, 5.41) is 5.73. The van der Waals surface area contributed by atoms with Gasteiger partial charge in [0.1, 0.15) is 0 Å². The van der Waals surface area contributed by atoms with E-state index >= 15 is 0 Å². The van der Waals surface area contributed by atoms with Crippen molar-refractivity contribution >= 4 is 11.8 Å². The number of nitrogens with one attached hydrogen (secondary N) is 2. The molecule has 2 rings (SSSR count). The molecule has 2 fully saturated rings. The second kappa shape index (κ2) is 8.87. The predicted octanol–water partition coefficient (Wildman–Crippen LogP) is 3.79.